The Labute approximate surface area is 124 Å². The predicted octanol–water partition coefficient (Wildman–Crippen LogP) is 2.94. The van der Waals surface area contributed by atoms with E-state index in [1.807, 2.05) is 45.0 Å². The van der Waals surface area contributed by atoms with Gasteiger partial charge in [-0.3, -0.25) is 4.79 Å². The fraction of sp³-hybridized carbons (Fsp3) is 0.353. The van der Waals surface area contributed by atoms with Crippen molar-refractivity contribution in [2.75, 3.05) is 6.61 Å². The van der Waals surface area contributed by atoms with Crippen molar-refractivity contribution >= 4 is 5.91 Å². The molecule has 1 amide bonds. The van der Waals surface area contributed by atoms with E-state index < -0.39 is 0 Å². The van der Waals surface area contributed by atoms with Crippen LogP contribution >= 0.6 is 0 Å². The molecule has 0 fully saturated rings. The third kappa shape index (κ3) is 2.53. The minimum atomic E-state index is -0.0881. The molecule has 0 radical (unpaired) electrons. The third-order valence-electron chi connectivity index (χ3n) is 4.00. The molecule has 2 aromatic rings. The number of nitrogens with one attached hydrogen (secondary N) is 1. The maximum atomic E-state index is 12.5. The zero-order chi connectivity index (χ0) is 15.0. The van der Waals surface area contributed by atoms with E-state index in [1.165, 1.54) is 0 Å². The summed E-state index contributed by atoms with van der Waals surface area (Å²) >= 11 is 0. The number of carbonyl (C=O) groups is 1. The van der Waals surface area contributed by atoms with E-state index in [4.69, 9.17) is 9.15 Å². The summed E-state index contributed by atoms with van der Waals surface area (Å²) in [5.74, 6) is 2.28. The molecule has 1 aromatic carbocycles. The normalized spacial score (nSPS) is 17.0. The van der Waals surface area contributed by atoms with Crippen molar-refractivity contribution in [3.8, 4) is 5.75 Å². The lowest BCUT2D eigenvalue weighted by molar-refractivity contribution is 0.0913. The van der Waals surface area contributed by atoms with Crippen LogP contribution in [0.3, 0.4) is 0 Å². The van der Waals surface area contributed by atoms with E-state index in [0.29, 0.717) is 17.9 Å². The number of aryl methyl sites for hydroxylation is 2. The van der Waals surface area contributed by atoms with Gasteiger partial charge in [-0.15, -0.1) is 0 Å². The molecule has 4 nitrogen and oxygen atoms in total. The molecule has 21 heavy (non-hydrogen) atoms. The van der Waals surface area contributed by atoms with Crippen molar-refractivity contribution in [2.24, 2.45) is 0 Å². The van der Waals surface area contributed by atoms with Gasteiger partial charge in [-0.1, -0.05) is 18.2 Å². The molecule has 2 heterocycles. The maximum Gasteiger partial charge on any atom is 0.255 e. The van der Waals surface area contributed by atoms with Gasteiger partial charge in [0.05, 0.1) is 11.6 Å². The van der Waals surface area contributed by atoms with Crippen LogP contribution in [0.15, 0.2) is 28.7 Å². The van der Waals surface area contributed by atoms with Gasteiger partial charge in [-0.25, -0.2) is 0 Å². The topological polar surface area (TPSA) is 51.5 Å². The van der Waals surface area contributed by atoms with E-state index in [-0.39, 0.29) is 11.9 Å². The summed E-state index contributed by atoms with van der Waals surface area (Å²) in [6.45, 7) is 6.10. The number of benzene rings is 1. The molecular weight excluding hydrogens is 266 g/mol. The SMILES string of the molecule is Cc1oc(C)c(C(=O)NC2COc3ccccc3C2)c1C. The molecule has 0 bridgehead atoms. The molecule has 4 heteroatoms. The van der Waals surface area contributed by atoms with Crippen LogP contribution in [-0.4, -0.2) is 18.6 Å². The Bertz CT molecular complexity index is 687. The Kier molecular flexibility index (Phi) is 3.45. The quantitative estimate of drug-likeness (QED) is 0.923. The number of carbonyl (C=O) groups excluding carboxylic acids is 1. The molecule has 1 aliphatic heterocycles. The Balaban J connectivity index is 1.75. The molecule has 0 aliphatic carbocycles. The molecule has 0 spiro atoms. The van der Waals surface area contributed by atoms with E-state index in [0.717, 1.165) is 29.1 Å². The van der Waals surface area contributed by atoms with Gasteiger partial charge in [-0.05, 0) is 38.8 Å². The lowest BCUT2D eigenvalue weighted by Crippen LogP contribution is -2.43. The average Bonchev–Trinajstić information content (AvgIpc) is 2.72. The van der Waals surface area contributed by atoms with Crippen LogP contribution < -0.4 is 10.1 Å². The summed E-state index contributed by atoms with van der Waals surface area (Å²) in [6.07, 6.45) is 0.789. The molecular formula is C17H19NO3. The second-order valence-corrected chi connectivity index (χ2v) is 5.51. The Morgan fingerprint density at radius 1 is 1.19 bits per heavy atom. The van der Waals surface area contributed by atoms with Crippen molar-refractivity contribution < 1.29 is 13.9 Å². The van der Waals surface area contributed by atoms with Gasteiger partial charge in [0.15, 0.2) is 0 Å². The molecule has 1 aromatic heterocycles. The summed E-state index contributed by atoms with van der Waals surface area (Å²) in [4.78, 5) is 12.5. The molecule has 110 valence electrons. The molecule has 1 aliphatic rings. The Morgan fingerprint density at radius 3 is 2.67 bits per heavy atom. The number of amides is 1. The highest BCUT2D eigenvalue weighted by atomic mass is 16.5. The van der Waals surface area contributed by atoms with Gasteiger partial charge in [0.25, 0.3) is 5.91 Å². The predicted molar refractivity (Wildman–Crippen MR) is 79.8 cm³/mol. The van der Waals surface area contributed by atoms with Crippen molar-refractivity contribution in [3.63, 3.8) is 0 Å². The number of fused-ring (bicyclic) bond motifs is 1. The lowest BCUT2D eigenvalue weighted by atomic mass is 10.0. The van der Waals surface area contributed by atoms with Crippen LogP contribution in [0.1, 0.15) is 33.0 Å². The maximum absolute atomic E-state index is 12.5. The highest BCUT2D eigenvalue weighted by molar-refractivity contribution is 5.97. The standard InChI is InChI=1S/C17H19NO3/c1-10-11(2)21-12(3)16(10)17(19)18-14-8-13-6-4-5-7-15(13)20-9-14/h4-7,14H,8-9H2,1-3H3,(H,18,19). The molecule has 0 saturated heterocycles. The first kappa shape index (κ1) is 13.7. The highest BCUT2D eigenvalue weighted by Gasteiger charge is 2.24. The number of hydrogen-bond donors (Lipinski definition) is 1. The summed E-state index contributed by atoms with van der Waals surface area (Å²) in [6, 6.07) is 7.92. The van der Waals surface area contributed by atoms with E-state index in [2.05, 4.69) is 5.32 Å². The number of para-hydroxylation sites is 1. The zero-order valence-electron chi connectivity index (χ0n) is 12.5. The van der Waals surface area contributed by atoms with Crippen LogP contribution in [0.2, 0.25) is 0 Å². The fourth-order valence-electron chi connectivity index (χ4n) is 2.81. The van der Waals surface area contributed by atoms with Crippen LogP contribution in [0.4, 0.5) is 0 Å². The van der Waals surface area contributed by atoms with Gasteiger partial charge in [0, 0.05) is 5.56 Å². The molecule has 1 unspecified atom stereocenters. The second-order valence-electron chi connectivity index (χ2n) is 5.51. The Hall–Kier alpha value is -2.23. The number of rotatable bonds is 2. The van der Waals surface area contributed by atoms with Gasteiger partial charge >= 0.3 is 0 Å². The summed E-state index contributed by atoms with van der Waals surface area (Å²) in [7, 11) is 0. The van der Waals surface area contributed by atoms with Crippen molar-refractivity contribution in [1.82, 2.24) is 5.32 Å². The molecule has 3 rings (SSSR count). The second kappa shape index (κ2) is 5.28. The van der Waals surface area contributed by atoms with Crippen LogP contribution in [0, 0.1) is 20.8 Å². The minimum Gasteiger partial charge on any atom is -0.491 e. The third-order valence-corrected chi connectivity index (χ3v) is 4.00. The van der Waals surface area contributed by atoms with Crippen molar-refractivity contribution in [2.45, 2.75) is 33.2 Å². The summed E-state index contributed by atoms with van der Waals surface area (Å²) in [5.41, 5.74) is 2.68. The zero-order valence-corrected chi connectivity index (χ0v) is 12.5. The molecule has 0 saturated carbocycles. The number of furan rings is 1. The van der Waals surface area contributed by atoms with Gasteiger partial charge < -0.3 is 14.5 Å². The molecule has 1 atom stereocenters. The lowest BCUT2D eigenvalue weighted by Gasteiger charge is -2.26. The van der Waals surface area contributed by atoms with Crippen molar-refractivity contribution in [1.29, 1.82) is 0 Å². The first-order chi connectivity index (χ1) is 10.1. The van der Waals surface area contributed by atoms with Gasteiger partial charge in [0.2, 0.25) is 0 Å². The average molecular weight is 285 g/mol. The molecule has 1 N–H and O–H groups in total. The highest BCUT2D eigenvalue weighted by Crippen LogP contribution is 2.25. The van der Waals surface area contributed by atoms with Crippen LogP contribution in [0.25, 0.3) is 0 Å². The van der Waals surface area contributed by atoms with E-state index in [9.17, 15) is 4.79 Å². The monoisotopic (exact) mass is 285 g/mol. The summed E-state index contributed by atoms with van der Waals surface area (Å²) < 4.78 is 11.2. The summed E-state index contributed by atoms with van der Waals surface area (Å²) in [5, 5.41) is 3.05. The van der Waals surface area contributed by atoms with Crippen LogP contribution in [0.5, 0.6) is 5.75 Å². The number of ether oxygens (including phenoxy) is 1. The number of hydrogen-bond acceptors (Lipinski definition) is 3. The Morgan fingerprint density at radius 2 is 1.95 bits per heavy atom. The van der Waals surface area contributed by atoms with E-state index in [1.54, 1.807) is 0 Å². The van der Waals surface area contributed by atoms with Gasteiger partial charge in [0.1, 0.15) is 23.9 Å². The van der Waals surface area contributed by atoms with Crippen LogP contribution in [-0.2, 0) is 6.42 Å². The first-order valence-electron chi connectivity index (χ1n) is 7.14. The van der Waals surface area contributed by atoms with Crippen molar-refractivity contribution in [3.05, 3.63) is 52.5 Å². The minimum absolute atomic E-state index is 0.0126. The smallest absolute Gasteiger partial charge is 0.255 e. The first-order valence-corrected chi connectivity index (χ1v) is 7.14. The fourth-order valence-corrected chi connectivity index (χ4v) is 2.81. The largest absolute Gasteiger partial charge is 0.491 e. The van der Waals surface area contributed by atoms with E-state index >= 15 is 0 Å². The van der Waals surface area contributed by atoms with Gasteiger partial charge in [-0.2, -0.15) is 0 Å².